The molecular weight excluding hydrogens is 459 g/mol. The van der Waals surface area contributed by atoms with Crippen LogP contribution in [-0.2, 0) is 32.3 Å². The van der Waals surface area contributed by atoms with Crippen LogP contribution in [0.15, 0.2) is 48.5 Å². The second-order valence-corrected chi connectivity index (χ2v) is 9.52. The summed E-state index contributed by atoms with van der Waals surface area (Å²) >= 11 is 0. The number of nitrogens with zero attached hydrogens (tertiary/aromatic N) is 2. The Bertz CT molecular complexity index is 1100. The van der Waals surface area contributed by atoms with E-state index in [9.17, 15) is 31.2 Å². The van der Waals surface area contributed by atoms with E-state index in [4.69, 9.17) is 0 Å². The lowest BCUT2D eigenvalue weighted by atomic mass is 10.1. The van der Waals surface area contributed by atoms with E-state index in [1.54, 1.807) is 12.1 Å². The van der Waals surface area contributed by atoms with Gasteiger partial charge in [0.15, 0.2) is 0 Å². The summed E-state index contributed by atoms with van der Waals surface area (Å²) < 4.78 is 64.8. The first-order valence-electron chi connectivity index (χ1n) is 9.95. The molecule has 0 bridgehead atoms. The van der Waals surface area contributed by atoms with Crippen LogP contribution in [-0.4, -0.2) is 51.0 Å². The first kappa shape index (κ1) is 26.2. The summed E-state index contributed by atoms with van der Waals surface area (Å²) in [6, 6.07) is 9.97. The molecule has 1 N–H and O–H groups in total. The van der Waals surface area contributed by atoms with Crippen LogP contribution in [0.2, 0.25) is 0 Å². The SMILES string of the molecule is CNC(=O)C(C)N(Cc1ccc(C)cc1)C(=O)CN(c1cccc(C(F)(F)F)c1)S(C)(=O)=O. The Morgan fingerprint density at radius 2 is 1.70 bits per heavy atom. The van der Waals surface area contributed by atoms with Crippen LogP contribution in [0.5, 0.6) is 0 Å². The summed E-state index contributed by atoms with van der Waals surface area (Å²) in [5.41, 5.74) is 0.346. The van der Waals surface area contributed by atoms with Crippen molar-refractivity contribution in [2.45, 2.75) is 32.6 Å². The number of amides is 2. The second kappa shape index (κ2) is 10.2. The zero-order valence-electron chi connectivity index (χ0n) is 18.7. The number of nitrogens with one attached hydrogen (secondary N) is 1. The number of aryl methyl sites for hydroxylation is 1. The number of carbonyl (C=O) groups is 2. The van der Waals surface area contributed by atoms with E-state index in [-0.39, 0.29) is 12.2 Å². The summed E-state index contributed by atoms with van der Waals surface area (Å²) in [5.74, 6) is -1.21. The van der Waals surface area contributed by atoms with Gasteiger partial charge in [-0.3, -0.25) is 13.9 Å². The maximum atomic E-state index is 13.2. The van der Waals surface area contributed by atoms with Gasteiger partial charge in [0, 0.05) is 13.6 Å². The molecule has 0 radical (unpaired) electrons. The summed E-state index contributed by atoms with van der Waals surface area (Å²) in [7, 11) is -2.72. The molecule has 0 fully saturated rings. The number of sulfonamides is 1. The lowest BCUT2D eigenvalue weighted by molar-refractivity contribution is -0.139. The van der Waals surface area contributed by atoms with E-state index in [1.165, 1.54) is 24.9 Å². The molecule has 11 heteroatoms. The van der Waals surface area contributed by atoms with Crippen molar-refractivity contribution < 1.29 is 31.2 Å². The highest BCUT2D eigenvalue weighted by molar-refractivity contribution is 7.92. The van der Waals surface area contributed by atoms with Gasteiger partial charge in [-0.25, -0.2) is 8.42 Å². The third kappa shape index (κ3) is 6.95. The summed E-state index contributed by atoms with van der Waals surface area (Å²) in [4.78, 5) is 26.6. The predicted molar refractivity (Wildman–Crippen MR) is 119 cm³/mol. The molecule has 7 nitrogen and oxygen atoms in total. The molecule has 1 unspecified atom stereocenters. The molecule has 33 heavy (non-hydrogen) atoms. The van der Waals surface area contributed by atoms with Gasteiger partial charge in [0.05, 0.1) is 17.5 Å². The van der Waals surface area contributed by atoms with E-state index in [0.29, 0.717) is 15.9 Å². The van der Waals surface area contributed by atoms with Gasteiger partial charge in [0.25, 0.3) is 0 Å². The standard InChI is InChI=1S/C22H26F3N3O4S/c1-15-8-10-17(11-9-15)13-27(16(2)21(30)26-3)20(29)14-28(33(4,31)32)19-7-5-6-18(12-19)22(23,24)25/h5-12,16H,13-14H2,1-4H3,(H,26,30). The van der Waals surface area contributed by atoms with Crippen molar-refractivity contribution in [3.63, 3.8) is 0 Å². The molecule has 2 rings (SSSR count). The van der Waals surface area contributed by atoms with Crippen molar-refractivity contribution in [2.24, 2.45) is 0 Å². The Morgan fingerprint density at radius 3 is 2.21 bits per heavy atom. The van der Waals surface area contributed by atoms with Crippen molar-refractivity contribution in [1.29, 1.82) is 0 Å². The Morgan fingerprint density at radius 1 is 1.09 bits per heavy atom. The number of halogens is 3. The maximum absolute atomic E-state index is 13.2. The number of benzene rings is 2. The van der Waals surface area contributed by atoms with Crippen LogP contribution in [0, 0.1) is 6.92 Å². The van der Waals surface area contributed by atoms with E-state index in [0.717, 1.165) is 24.0 Å². The molecule has 0 aliphatic heterocycles. The van der Waals surface area contributed by atoms with Gasteiger partial charge in [-0.15, -0.1) is 0 Å². The Kier molecular flexibility index (Phi) is 8.12. The molecule has 0 saturated carbocycles. The minimum Gasteiger partial charge on any atom is -0.357 e. The fourth-order valence-corrected chi connectivity index (χ4v) is 3.97. The number of likely N-dealkylation sites (N-methyl/N-ethyl adjacent to an activating group) is 1. The van der Waals surface area contributed by atoms with Crippen LogP contribution in [0.25, 0.3) is 0 Å². The van der Waals surface area contributed by atoms with Crippen LogP contribution in [0.1, 0.15) is 23.6 Å². The molecule has 0 aliphatic rings. The van der Waals surface area contributed by atoms with Crippen molar-refractivity contribution >= 4 is 27.5 Å². The number of carbonyl (C=O) groups excluding carboxylic acids is 2. The first-order valence-corrected chi connectivity index (χ1v) is 11.8. The summed E-state index contributed by atoms with van der Waals surface area (Å²) in [6.07, 6.45) is -3.89. The molecule has 2 aromatic carbocycles. The lowest BCUT2D eigenvalue weighted by Gasteiger charge is -2.31. The van der Waals surface area contributed by atoms with Crippen molar-refractivity contribution in [3.05, 3.63) is 65.2 Å². The molecule has 0 saturated heterocycles. The van der Waals surface area contributed by atoms with Gasteiger partial charge in [0.1, 0.15) is 12.6 Å². The number of alkyl halides is 3. The number of anilines is 1. The second-order valence-electron chi connectivity index (χ2n) is 7.62. The monoisotopic (exact) mass is 485 g/mol. The van der Waals surface area contributed by atoms with Gasteiger partial charge >= 0.3 is 6.18 Å². The van der Waals surface area contributed by atoms with Crippen molar-refractivity contribution in [3.8, 4) is 0 Å². The van der Waals surface area contributed by atoms with Crippen LogP contribution < -0.4 is 9.62 Å². The zero-order chi connectivity index (χ0) is 25.0. The predicted octanol–water partition coefficient (Wildman–Crippen LogP) is 2.94. The van der Waals surface area contributed by atoms with E-state index in [2.05, 4.69) is 5.32 Å². The largest absolute Gasteiger partial charge is 0.416 e. The average Bonchev–Trinajstić information content (AvgIpc) is 2.74. The fraction of sp³-hybridized carbons (Fsp3) is 0.364. The van der Waals surface area contributed by atoms with Crippen LogP contribution >= 0.6 is 0 Å². The topological polar surface area (TPSA) is 86.8 Å². The first-order chi connectivity index (χ1) is 15.2. The Labute approximate surface area is 191 Å². The van der Waals surface area contributed by atoms with Crippen molar-refractivity contribution in [1.82, 2.24) is 10.2 Å². The van der Waals surface area contributed by atoms with Crippen LogP contribution in [0.3, 0.4) is 0 Å². The van der Waals surface area contributed by atoms with Crippen LogP contribution in [0.4, 0.5) is 18.9 Å². The smallest absolute Gasteiger partial charge is 0.357 e. The molecule has 0 aliphatic carbocycles. The molecule has 2 amide bonds. The average molecular weight is 486 g/mol. The molecule has 2 aromatic rings. The Hall–Kier alpha value is -3.08. The third-order valence-corrected chi connectivity index (χ3v) is 6.17. The van der Waals surface area contributed by atoms with Gasteiger partial charge in [-0.05, 0) is 37.6 Å². The summed E-state index contributed by atoms with van der Waals surface area (Å²) in [6.45, 7) is 2.61. The van der Waals surface area contributed by atoms with Gasteiger partial charge < -0.3 is 10.2 Å². The number of rotatable bonds is 8. The lowest BCUT2D eigenvalue weighted by Crippen LogP contribution is -2.50. The van der Waals surface area contributed by atoms with Gasteiger partial charge in [0.2, 0.25) is 21.8 Å². The third-order valence-electron chi connectivity index (χ3n) is 5.03. The highest BCUT2D eigenvalue weighted by Gasteiger charge is 2.33. The zero-order valence-corrected chi connectivity index (χ0v) is 19.5. The minimum atomic E-state index is -4.69. The van der Waals surface area contributed by atoms with Crippen molar-refractivity contribution in [2.75, 3.05) is 24.2 Å². The highest BCUT2D eigenvalue weighted by Crippen LogP contribution is 2.32. The number of hydrogen-bond acceptors (Lipinski definition) is 4. The highest BCUT2D eigenvalue weighted by atomic mass is 32.2. The molecule has 1 atom stereocenters. The summed E-state index contributed by atoms with van der Waals surface area (Å²) in [5, 5.41) is 2.44. The van der Waals surface area contributed by atoms with E-state index < -0.39 is 46.2 Å². The van der Waals surface area contributed by atoms with Gasteiger partial charge in [-0.1, -0.05) is 35.9 Å². The number of hydrogen-bond donors (Lipinski definition) is 1. The van der Waals surface area contributed by atoms with E-state index >= 15 is 0 Å². The fourth-order valence-electron chi connectivity index (χ4n) is 3.13. The molecule has 180 valence electrons. The molecule has 0 aromatic heterocycles. The maximum Gasteiger partial charge on any atom is 0.416 e. The van der Waals surface area contributed by atoms with Gasteiger partial charge in [-0.2, -0.15) is 13.2 Å². The Balaban J connectivity index is 2.42. The minimum absolute atomic E-state index is 0.00783. The molecule has 0 heterocycles. The van der Waals surface area contributed by atoms with E-state index in [1.807, 2.05) is 19.1 Å². The normalized spacial score (nSPS) is 12.7. The molecule has 0 spiro atoms. The molecular formula is C22H26F3N3O4S. The quantitative estimate of drug-likeness (QED) is 0.623.